The van der Waals surface area contributed by atoms with Crippen molar-refractivity contribution in [2.75, 3.05) is 51.8 Å². The van der Waals surface area contributed by atoms with E-state index in [0.717, 1.165) is 15.5 Å². The molecule has 0 fully saturated rings. The minimum absolute atomic E-state index is 0. The van der Waals surface area contributed by atoms with Gasteiger partial charge in [-0.15, -0.1) is 12.4 Å². The zero-order chi connectivity index (χ0) is 28.4. The van der Waals surface area contributed by atoms with Crippen molar-refractivity contribution < 1.29 is 17.9 Å². The van der Waals surface area contributed by atoms with E-state index in [1.165, 1.54) is 35.6 Å². The lowest BCUT2D eigenvalue weighted by Crippen LogP contribution is -2.34. The summed E-state index contributed by atoms with van der Waals surface area (Å²) in [6.07, 6.45) is 0.735. The van der Waals surface area contributed by atoms with Gasteiger partial charge in [0.25, 0.3) is 5.91 Å². The average Bonchev–Trinajstić information content (AvgIpc) is 3.36. The van der Waals surface area contributed by atoms with Gasteiger partial charge in [0.2, 0.25) is 10.0 Å². The fraction of sp³-hybridized carbons (Fsp3) is 0.407. The SMILES string of the molecule is CCOc1cccc2sc(N(CCCN(C)C)C(=O)c3ccc(S(=O)(=O)N(CCC#N)CCC#N)cc3)nc12.Cl. The van der Waals surface area contributed by atoms with Crippen molar-refractivity contribution >= 4 is 55.0 Å². The Hall–Kier alpha value is -3.26. The van der Waals surface area contributed by atoms with Gasteiger partial charge in [-0.1, -0.05) is 17.4 Å². The van der Waals surface area contributed by atoms with E-state index in [0.29, 0.717) is 41.5 Å². The molecule has 1 amide bonds. The number of hydrogen-bond donors (Lipinski definition) is 0. The van der Waals surface area contributed by atoms with Crippen molar-refractivity contribution in [3.05, 3.63) is 48.0 Å². The van der Waals surface area contributed by atoms with Crippen LogP contribution in [-0.4, -0.2) is 75.4 Å². The molecule has 0 radical (unpaired) electrons. The monoisotopic (exact) mass is 604 g/mol. The Labute approximate surface area is 245 Å². The van der Waals surface area contributed by atoms with Crippen LogP contribution in [0, 0.1) is 22.7 Å². The number of carbonyl (C=O) groups excluding carboxylic acids is 1. The second-order valence-corrected chi connectivity index (χ2v) is 11.8. The number of fused-ring (bicyclic) bond motifs is 1. The normalized spacial score (nSPS) is 11.2. The number of carbonyl (C=O) groups is 1. The molecule has 3 rings (SSSR count). The number of ether oxygens (including phenoxy) is 1. The van der Waals surface area contributed by atoms with Gasteiger partial charge in [-0.3, -0.25) is 9.69 Å². The number of anilines is 1. The molecule has 2 aromatic carbocycles. The van der Waals surface area contributed by atoms with Crippen molar-refractivity contribution in [3.63, 3.8) is 0 Å². The van der Waals surface area contributed by atoms with Gasteiger partial charge in [0.05, 0.1) is 28.3 Å². The third-order valence-electron chi connectivity index (χ3n) is 5.82. The largest absolute Gasteiger partial charge is 0.492 e. The number of nitriles is 2. The number of aromatic nitrogens is 1. The summed E-state index contributed by atoms with van der Waals surface area (Å²) in [4.78, 5) is 22.1. The van der Waals surface area contributed by atoms with E-state index in [4.69, 9.17) is 20.2 Å². The zero-order valence-electron chi connectivity index (χ0n) is 22.7. The summed E-state index contributed by atoms with van der Waals surface area (Å²) in [5.41, 5.74) is 1.02. The van der Waals surface area contributed by atoms with Crippen molar-refractivity contribution in [1.29, 1.82) is 10.5 Å². The molecule has 10 nitrogen and oxygen atoms in total. The molecular weight excluding hydrogens is 572 g/mol. The van der Waals surface area contributed by atoms with Crippen LogP contribution in [0.3, 0.4) is 0 Å². The number of para-hydroxylation sites is 1. The standard InChI is InChI=1S/C27H32N6O4S2.ClH/c1-4-37-23-9-5-10-24-25(23)30-27(38-24)33(20-8-17-31(2)3)26(34)21-11-13-22(14-12-21)39(35,36)32(18-6-15-28)19-7-16-29;/h5,9-14H,4,6-8,17-20H2,1-3H3;1H. The van der Waals surface area contributed by atoms with E-state index >= 15 is 0 Å². The molecule has 0 spiro atoms. The predicted molar refractivity (Wildman–Crippen MR) is 159 cm³/mol. The van der Waals surface area contributed by atoms with E-state index in [-0.39, 0.29) is 49.1 Å². The van der Waals surface area contributed by atoms with Gasteiger partial charge in [-0.05, 0) is 70.4 Å². The van der Waals surface area contributed by atoms with Crippen molar-refractivity contribution in [1.82, 2.24) is 14.2 Å². The summed E-state index contributed by atoms with van der Waals surface area (Å²) < 4.78 is 34.1. The average molecular weight is 605 g/mol. The van der Waals surface area contributed by atoms with Crippen LogP contribution in [0.5, 0.6) is 5.75 Å². The third-order valence-corrected chi connectivity index (χ3v) is 8.78. The molecule has 0 atom stereocenters. The second-order valence-electron chi connectivity index (χ2n) is 8.89. The highest BCUT2D eigenvalue weighted by atomic mass is 35.5. The summed E-state index contributed by atoms with van der Waals surface area (Å²) in [5, 5.41) is 18.4. The van der Waals surface area contributed by atoms with Gasteiger partial charge < -0.3 is 9.64 Å². The molecule has 0 bridgehead atoms. The second kappa shape index (κ2) is 15.5. The Morgan fingerprint density at radius 2 is 1.65 bits per heavy atom. The summed E-state index contributed by atoms with van der Waals surface area (Å²) in [6.45, 7) is 3.58. The number of thiazole rings is 1. The number of halogens is 1. The maximum atomic E-state index is 13.7. The minimum atomic E-state index is -3.94. The van der Waals surface area contributed by atoms with Gasteiger partial charge in [0.1, 0.15) is 11.3 Å². The van der Waals surface area contributed by atoms with Gasteiger partial charge in [-0.25, -0.2) is 13.4 Å². The molecule has 40 heavy (non-hydrogen) atoms. The first-order valence-corrected chi connectivity index (χ1v) is 14.8. The Morgan fingerprint density at radius 1 is 1.00 bits per heavy atom. The van der Waals surface area contributed by atoms with Crippen molar-refractivity contribution in [3.8, 4) is 17.9 Å². The highest BCUT2D eigenvalue weighted by molar-refractivity contribution is 7.89. The minimum Gasteiger partial charge on any atom is -0.492 e. The number of sulfonamides is 1. The lowest BCUT2D eigenvalue weighted by molar-refractivity contribution is 0.0986. The van der Waals surface area contributed by atoms with Crippen molar-refractivity contribution in [2.45, 2.75) is 31.1 Å². The van der Waals surface area contributed by atoms with Crippen LogP contribution in [0.25, 0.3) is 10.2 Å². The molecule has 0 saturated carbocycles. The quantitative estimate of drug-likeness (QED) is 0.262. The molecule has 0 N–H and O–H groups in total. The number of nitrogens with zero attached hydrogens (tertiary/aromatic N) is 6. The molecule has 0 aliphatic heterocycles. The van der Waals surface area contributed by atoms with Crippen LogP contribution in [0.4, 0.5) is 5.13 Å². The number of benzene rings is 2. The molecule has 0 aliphatic carbocycles. The van der Waals surface area contributed by atoms with Gasteiger partial charge >= 0.3 is 0 Å². The maximum Gasteiger partial charge on any atom is 0.260 e. The Bertz CT molecular complexity index is 1440. The van der Waals surface area contributed by atoms with Crippen molar-refractivity contribution in [2.24, 2.45) is 0 Å². The fourth-order valence-corrected chi connectivity index (χ4v) is 6.35. The van der Waals surface area contributed by atoms with E-state index in [1.54, 1.807) is 4.90 Å². The lowest BCUT2D eigenvalue weighted by Gasteiger charge is -2.22. The van der Waals surface area contributed by atoms with Gasteiger partial charge in [-0.2, -0.15) is 14.8 Å². The Morgan fingerprint density at radius 3 is 2.23 bits per heavy atom. The molecule has 3 aromatic rings. The molecule has 0 unspecified atom stereocenters. The van der Waals surface area contributed by atoms with Crippen LogP contribution in [0.15, 0.2) is 47.4 Å². The molecule has 0 saturated heterocycles. The molecule has 13 heteroatoms. The Balaban J connectivity index is 0.00000560. The summed E-state index contributed by atoms with van der Waals surface area (Å²) in [6, 6.07) is 15.3. The molecule has 1 aromatic heterocycles. The van der Waals surface area contributed by atoms with Crippen LogP contribution >= 0.6 is 23.7 Å². The zero-order valence-corrected chi connectivity index (χ0v) is 25.2. The third kappa shape index (κ3) is 8.13. The smallest absolute Gasteiger partial charge is 0.260 e. The number of hydrogen-bond acceptors (Lipinski definition) is 9. The highest BCUT2D eigenvalue weighted by Gasteiger charge is 2.26. The van der Waals surface area contributed by atoms with Crippen LogP contribution in [0.1, 0.15) is 36.5 Å². The first-order chi connectivity index (χ1) is 18.7. The van der Waals surface area contributed by atoms with E-state index in [2.05, 4.69) is 0 Å². The van der Waals surface area contributed by atoms with E-state index < -0.39 is 10.0 Å². The summed E-state index contributed by atoms with van der Waals surface area (Å²) >= 11 is 1.40. The van der Waals surface area contributed by atoms with Gasteiger partial charge in [0.15, 0.2) is 5.13 Å². The van der Waals surface area contributed by atoms with E-state index in [1.807, 2.05) is 56.3 Å². The number of rotatable bonds is 14. The van der Waals surface area contributed by atoms with Crippen LogP contribution < -0.4 is 9.64 Å². The maximum absolute atomic E-state index is 13.7. The van der Waals surface area contributed by atoms with Gasteiger partial charge in [0, 0.05) is 38.0 Å². The van der Waals surface area contributed by atoms with Crippen LogP contribution in [0.2, 0.25) is 0 Å². The number of amides is 1. The highest BCUT2D eigenvalue weighted by Crippen LogP contribution is 2.35. The fourth-order valence-electron chi connectivity index (χ4n) is 3.90. The molecule has 0 aliphatic rings. The Kier molecular flexibility index (Phi) is 12.8. The van der Waals surface area contributed by atoms with Crippen LogP contribution in [-0.2, 0) is 10.0 Å². The first-order valence-electron chi connectivity index (χ1n) is 12.6. The lowest BCUT2D eigenvalue weighted by atomic mass is 10.2. The molecule has 1 heterocycles. The topological polar surface area (TPSA) is 131 Å². The predicted octanol–water partition coefficient (Wildman–Crippen LogP) is 4.53. The summed E-state index contributed by atoms with van der Waals surface area (Å²) in [5.74, 6) is 0.366. The molecule has 214 valence electrons. The molecular formula is C27H33ClN6O4S2. The summed E-state index contributed by atoms with van der Waals surface area (Å²) in [7, 11) is -0.00287. The first kappa shape index (κ1) is 32.9. The van der Waals surface area contributed by atoms with E-state index in [9.17, 15) is 13.2 Å².